The zero-order valence-corrected chi connectivity index (χ0v) is 22.1. The Labute approximate surface area is 200 Å². The van der Waals surface area contributed by atoms with Crippen molar-refractivity contribution in [2.45, 2.75) is 56.7 Å². The van der Waals surface area contributed by atoms with Crippen LogP contribution < -0.4 is 4.74 Å². The second kappa shape index (κ2) is 11.9. The molecule has 0 fully saturated rings. The molecule has 0 aliphatic heterocycles. The van der Waals surface area contributed by atoms with E-state index in [9.17, 15) is 4.21 Å². The minimum absolute atomic E-state index is 0.263. The fourth-order valence-electron chi connectivity index (χ4n) is 3.32. The van der Waals surface area contributed by atoms with Gasteiger partial charge in [-0.3, -0.25) is 13.8 Å². The van der Waals surface area contributed by atoms with E-state index in [1.54, 1.807) is 13.3 Å². The fourth-order valence-corrected chi connectivity index (χ4v) is 5.34. The number of ether oxygens (including phenoxy) is 3. The largest absolute Gasteiger partial charge is 0.493 e. The topological polar surface area (TPSA) is 75.5 Å². The number of hydrogen-bond donors (Lipinski definition) is 0. The molecule has 0 saturated heterocycles. The fraction of sp³-hybridized carbons (Fsp3) is 0.500. The van der Waals surface area contributed by atoms with E-state index in [4.69, 9.17) is 14.2 Å². The summed E-state index contributed by atoms with van der Waals surface area (Å²) in [7, 11) is -0.892. The summed E-state index contributed by atoms with van der Waals surface area (Å²) in [5.74, 6) is 1.02. The predicted molar refractivity (Wildman–Crippen MR) is 135 cm³/mol. The lowest BCUT2D eigenvalue weighted by molar-refractivity contribution is 0.0840. The van der Waals surface area contributed by atoms with Crippen LogP contribution in [0.25, 0.3) is 11.0 Å². The number of para-hydroxylation sites is 2. The Morgan fingerprint density at radius 3 is 2.64 bits per heavy atom. The summed E-state index contributed by atoms with van der Waals surface area (Å²) in [4.78, 5) is 9.15. The zero-order valence-electron chi connectivity index (χ0n) is 20.3. The maximum Gasteiger partial charge on any atom is 0.202 e. The number of methoxy groups -OCH3 is 1. The third-order valence-corrected chi connectivity index (χ3v) is 8.28. The Kier molecular flexibility index (Phi) is 9.19. The molecule has 180 valence electrons. The summed E-state index contributed by atoms with van der Waals surface area (Å²) >= 11 is 0. The zero-order chi connectivity index (χ0) is 23.8. The van der Waals surface area contributed by atoms with Crippen LogP contribution in [-0.2, 0) is 32.8 Å². The Balaban J connectivity index is 1.77. The molecule has 0 saturated carbocycles. The van der Waals surface area contributed by atoms with Crippen molar-refractivity contribution in [1.82, 2.24) is 14.5 Å². The minimum atomic E-state index is -1.39. The number of hydrogen-bond acceptors (Lipinski definition) is 6. The lowest BCUT2D eigenvalue weighted by Gasteiger charge is -2.16. The van der Waals surface area contributed by atoms with Gasteiger partial charge in [0, 0.05) is 46.6 Å². The average molecular weight is 490 g/mol. The molecule has 3 aromatic rings. The van der Waals surface area contributed by atoms with Crippen LogP contribution in [0.15, 0.2) is 41.7 Å². The molecular weight excluding hydrogens is 454 g/mol. The molecule has 0 radical (unpaired) electrons. The SMILES string of the molecule is COCCCOc1ccnc(C[S@](=O)c2nc3ccccc3n2COCC[Si](C)(C)C)c1C. The maximum absolute atomic E-state index is 13.4. The van der Waals surface area contributed by atoms with Crippen molar-refractivity contribution >= 4 is 29.9 Å². The summed E-state index contributed by atoms with van der Waals surface area (Å²) < 4.78 is 32.3. The molecule has 0 aliphatic carbocycles. The van der Waals surface area contributed by atoms with E-state index in [-0.39, 0.29) is 5.75 Å². The Hall–Kier alpha value is -2.07. The van der Waals surface area contributed by atoms with E-state index >= 15 is 0 Å². The Morgan fingerprint density at radius 2 is 1.88 bits per heavy atom. The van der Waals surface area contributed by atoms with Gasteiger partial charge in [-0.2, -0.15) is 0 Å². The number of nitrogens with zero attached hydrogens (tertiary/aromatic N) is 3. The van der Waals surface area contributed by atoms with Crippen LogP contribution in [0.5, 0.6) is 5.75 Å². The molecule has 0 unspecified atom stereocenters. The second-order valence-electron chi connectivity index (χ2n) is 9.22. The van der Waals surface area contributed by atoms with Gasteiger partial charge in [0.15, 0.2) is 0 Å². The molecule has 2 aromatic heterocycles. The summed E-state index contributed by atoms with van der Waals surface area (Å²) in [6.45, 7) is 11.2. The van der Waals surface area contributed by atoms with Gasteiger partial charge >= 0.3 is 0 Å². The highest BCUT2D eigenvalue weighted by Gasteiger charge is 2.20. The number of fused-ring (bicyclic) bond motifs is 1. The molecule has 7 nitrogen and oxygen atoms in total. The third-order valence-electron chi connectivity index (χ3n) is 5.32. The van der Waals surface area contributed by atoms with Gasteiger partial charge in [-0.15, -0.1) is 0 Å². The summed E-state index contributed by atoms with van der Waals surface area (Å²) in [6, 6.07) is 10.8. The highest BCUT2D eigenvalue weighted by molar-refractivity contribution is 7.84. The number of benzene rings is 1. The van der Waals surface area contributed by atoms with Crippen molar-refractivity contribution in [3.63, 3.8) is 0 Å². The molecule has 0 aliphatic rings. The van der Waals surface area contributed by atoms with Crippen LogP contribution >= 0.6 is 0 Å². The lowest BCUT2D eigenvalue weighted by Crippen LogP contribution is -2.22. The number of imidazole rings is 1. The van der Waals surface area contributed by atoms with Crippen LogP contribution in [0, 0.1) is 6.92 Å². The molecule has 1 aromatic carbocycles. The van der Waals surface area contributed by atoms with Crippen LogP contribution in [0.4, 0.5) is 0 Å². The minimum Gasteiger partial charge on any atom is -0.493 e. The highest BCUT2D eigenvalue weighted by atomic mass is 32.2. The monoisotopic (exact) mass is 489 g/mol. The molecular formula is C24H35N3O4SSi. The number of aromatic nitrogens is 3. The van der Waals surface area contributed by atoms with Crippen LogP contribution in [0.2, 0.25) is 25.7 Å². The third kappa shape index (κ3) is 7.20. The molecule has 33 heavy (non-hydrogen) atoms. The van der Waals surface area contributed by atoms with Crippen molar-refractivity contribution < 1.29 is 18.4 Å². The highest BCUT2D eigenvalue weighted by Crippen LogP contribution is 2.24. The van der Waals surface area contributed by atoms with Crippen molar-refractivity contribution in [2.24, 2.45) is 0 Å². The normalized spacial score (nSPS) is 12.9. The van der Waals surface area contributed by atoms with E-state index in [1.165, 1.54) is 0 Å². The van der Waals surface area contributed by atoms with Gasteiger partial charge in [-0.05, 0) is 31.2 Å². The summed E-state index contributed by atoms with van der Waals surface area (Å²) in [5.41, 5.74) is 3.39. The van der Waals surface area contributed by atoms with Gasteiger partial charge in [0.1, 0.15) is 12.5 Å². The molecule has 9 heteroatoms. The standard InChI is InChI=1S/C24H35N3O4SSi/c1-19-21(25-12-11-23(19)31-14-8-13-29-2)17-32(28)24-26-20-9-6-7-10-22(20)27(24)18-30-15-16-33(3,4)5/h6-7,9-12H,8,13-18H2,1-5H3/t32-/m0/s1. The first kappa shape index (κ1) is 25.5. The second-order valence-corrected chi connectivity index (χ2v) is 16.2. The van der Waals surface area contributed by atoms with Gasteiger partial charge < -0.3 is 14.2 Å². The van der Waals surface area contributed by atoms with Crippen molar-refractivity contribution in [2.75, 3.05) is 26.9 Å². The van der Waals surface area contributed by atoms with E-state index in [0.717, 1.165) is 40.5 Å². The molecule has 1 atom stereocenters. The first-order valence-corrected chi connectivity index (χ1v) is 16.3. The molecule has 3 rings (SSSR count). The quantitative estimate of drug-likeness (QED) is 0.254. The first-order chi connectivity index (χ1) is 15.8. The van der Waals surface area contributed by atoms with E-state index < -0.39 is 18.9 Å². The van der Waals surface area contributed by atoms with Gasteiger partial charge in [-0.1, -0.05) is 31.8 Å². The lowest BCUT2D eigenvalue weighted by atomic mass is 10.2. The van der Waals surface area contributed by atoms with Gasteiger partial charge in [0.25, 0.3) is 0 Å². The molecule has 0 spiro atoms. The molecule has 0 amide bonds. The van der Waals surface area contributed by atoms with Gasteiger partial charge in [-0.25, -0.2) is 4.98 Å². The smallest absolute Gasteiger partial charge is 0.202 e. The predicted octanol–water partition coefficient (Wildman–Crippen LogP) is 4.78. The molecule has 0 bridgehead atoms. The van der Waals surface area contributed by atoms with E-state index in [2.05, 4.69) is 29.6 Å². The molecule has 0 N–H and O–H groups in total. The summed E-state index contributed by atoms with van der Waals surface area (Å²) in [6.07, 6.45) is 2.51. The Morgan fingerprint density at radius 1 is 1.09 bits per heavy atom. The van der Waals surface area contributed by atoms with Gasteiger partial charge in [0.2, 0.25) is 5.16 Å². The summed E-state index contributed by atoms with van der Waals surface area (Å²) in [5, 5.41) is 0.511. The number of pyridine rings is 1. The average Bonchev–Trinajstić information content (AvgIpc) is 3.15. The Bertz CT molecular complexity index is 1080. The van der Waals surface area contributed by atoms with E-state index in [1.807, 2.05) is 41.8 Å². The van der Waals surface area contributed by atoms with Gasteiger partial charge in [0.05, 0.1) is 39.9 Å². The van der Waals surface area contributed by atoms with Crippen LogP contribution in [0.3, 0.4) is 0 Å². The van der Waals surface area contributed by atoms with E-state index in [0.29, 0.717) is 31.7 Å². The molecule has 2 heterocycles. The number of rotatable bonds is 13. The van der Waals surface area contributed by atoms with Crippen molar-refractivity contribution in [1.29, 1.82) is 0 Å². The van der Waals surface area contributed by atoms with Crippen LogP contribution in [0.1, 0.15) is 17.7 Å². The first-order valence-electron chi connectivity index (χ1n) is 11.3. The maximum atomic E-state index is 13.4. The van der Waals surface area contributed by atoms with Crippen molar-refractivity contribution in [3.05, 3.63) is 47.8 Å². The van der Waals surface area contributed by atoms with Crippen LogP contribution in [-0.4, -0.2) is 53.7 Å². The van der Waals surface area contributed by atoms with Crippen molar-refractivity contribution in [3.8, 4) is 5.75 Å².